The van der Waals surface area contributed by atoms with Crippen molar-refractivity contribution in [2.24, 2.45) is 0 Å². The fourth-order valence-electron chi connectivity index (χ4n) is 1.56. The quantitative estimate of drug-likeness (QED) is 0.758. The molecule has 1 aromatic carbocycles. The molecule has 16 heavy (non-hydrogen) atoms. The van der Waals surface area contributed by atoms with Crippen molar-refractivity contribution in [1.82, 2.24) is 4.98 Å². The first-order chi connectivity index (χ1) is 7.79. The highest BCUT2D eigenvalue weighted by molar-refractivity contribution is 9.10. The minimum Gasteiger partial charge on any atom is -0.250 e. The minimum absolute atomic E-state index is 0.348. The summed E-state index contributed by atoms with van der Waals surface area (Å²) in [5, 5.41) is 3.15. The topological polar surface area (TPSA) is 12.9 Å². The predicted octanol–water partition coefficient (Wildman–Crippen LogP) is 4.47. The fraction of sp³-hybridized carbons (Fsp3) is 0.250. The van der Waals surface area contributed by atoms with Gasteiger partial charge in [-0.1, -0.05) is 28.1 Å². The molecule has 1 nitrogen and oxygen atoms in total. The van der Waals surface area contributed by atoms with Crippen LogP contribution in [0.4, 0.5) is 0 Å². The third-order valence-corrected chi connectivity index (χ3v) is 4.14. The Balaban J connectivity index is 2.13. The second kappa shape index (κ2) is 5.80. The number of nitrogens with zero attached hydrogens (tertiary/aromatic N) is 1. The van der Waals surface area contributed by atoms with Crippen LogP contribution in [0.2, 0.25) is 0 Å². The van der Waals surface area contributed by atoms with Gasteiger partial charge in [-0.2, -0.15) is 0 Å². The van der Waals surface area contributed by atoms with E-state index >= 15 is 0 Å². The van der Waals surface area contributed by atoms with Gasteiger partial charge in [-0.15, -0.1) is 22.9 Å². The highest BCUT2D eigenvalue weighted by Gasteiger charge is 2.12. The molecule has 0 bridgehead atoms. The van der Waals surface area contributed by atoms with Crippen molar-refractivity contribution in [2.75, 3.05) is 5.88 Å². The molecule has 0 aliphatic carbocycles. The number of hydrogen-bond donors (Lipinski definition) is 0. The van der Waals surface area contributed by atoms with Crippen LogP contribution in [-0.2, 0) is 6.42 Å². The zero-order valence-electron chi connectivity index (χ0n) is 8.57. The Kier molecular flexibility index (Phi) is 4.38. The van der Waals surface area contributed by atoms with Crippen LogP contribution in [-0.4, -0.2) is 10.9 Å². The third-order valence-electron chi connectivity index (χ3n) is 2.43. The summed E-state index contributed by atoms with van der Waals surface area (Å²) >= 11 is 11.1. The number of thiazole rings is 1. The first-order valence-corrected chi connectivity index (χ1v) is 7.20. The van der Waals surface area contributed by atoms with Crippen molar-refractivity contribution in [1.29, 1.82) is 0 Å². The monoisotopic (exact) mass is 315 g/mol. The first kappa shape index (κ1) is 12.1. The molecule has 1 aromatic heterocycles. The normalized spacial score (nSPS) is 12.6. The zero-order valence-corrected chi connectivity index (χ0v) is 11.7. The minimum atomic E-state index is 0.348. The lowest BCUT2D eigenvalue weighted by atomic mass is 9.98. The van der Waals surface area contributed by atoms with Crippen LogP contribution in [0.5, 0.6) is 0 Å². The average Bonchev–Trinajstić information content (AvgIpc) is 2.80. The number of benzene rings is 1. The van der Waals surface area contributed by atoms with E-state index in [1.54, 1.807) is 11.3 Å². The molecule has 0 aliphatic heterocycles. The molecule has 4 heteroatoms. The van der Waals surface area contributed by atoms with E-state index in [9.17, 15) is 0 Å². The molecule has 0 N–H and O–H groups in total. The van der Waals surface area contributed by atoms with E-state index in [1.165, 1.54) is 5.56 Å². The molecular formula is C12H11BrClNS. The molecule has 1 atom stereocenters. The van der Waals surface area contributed by atoms with Crippen LogP contribution in [0.25, 0.3) is 0 Å². The summed E-state index contributed by atoms with van der Waals surface area (Å²) in [6.45, 7) is 0. The summed E-state index contributed by atoms with van der Waals surface area (Å²) in [7, 11) is 0. The molecule has 0 fully saturated rings. The smallest absolute Gasteiger partial charge is 0.0931 e. The van der Waals surface area contributed by atoms with E-state index in [-0.39, 0.29) is 0 Å². The van der Waals surface area contributed by atoms with Gasteiger partial charge >= 0.3 is 0 Å². The molecular weight excluding hydrogens is 306 g/mol. The van der Waals surface area contributed by atoms with Gasteiger partial charge in [0.15, 0.2) is 0 Å². The summed E-state index contributed by atoms with van der Waals surface area (Å²) in [6, 6.07) is 8.34. The maximum atomic E-state index is 6.02. The molecule has 84 valence electrons. The molecule has 2 rings (SSSR count). The molecule has 2 aromatic rings. The van der Waals surface area contributed by atoms with E-state index in [4.69, 9.17) is 11.6 Å². The molecule has 1 unspecified atom stereocenters. The van der Waals surface area contributed by atoms with Gasteiger partial charge in [-0.05, 0) is 17.7 Å². The van der Waals surface area contributed by atoms with Crippen molar-refractivity contribution in [3.63, 3.8) is 0 Å². The Hall–Kier alpha value is -0.380. The summed E-state index contributed by atoms with van der Waals surface area (Å²) in [5.74, 6) is 0.974. The van der Waals surface area contributed by atoms with E-state index in [0.29, 0.717) is 11.8 Å². The number of alkyl halides is 1. The maximum absolute atomic E-state index is 6.02. The van der Waals surface area contributed by atoms with Crippen molar-refractivity contribution in [3.8, 4) is 0 Å². The van der Waals surface area contributed by atoms with Crippen molar-refractivity contribution in [3.05, 3.63) is 50.9 Å². The number of halogens is 2. The van der Waals surface area contributed by atoms with Crippen LogP contribution in [0.3, 0.4) is 0 Å². The zero-order chi connectivity index (χ0) is 11.4. The van der Waals surface area contributed by atoms with Crippen LogP contribution in [0.1, 0.15) is 16.5 Å². The Morgan fingerprint density at radius 3 is 2.62 bits per heavy atom. The fourth-order valence-corrected chi connectivity index (χ4v) is 2.81. The molecule has 0 amide bonds. The second-order valence-corrected chi connectivity index (χ2v) is 5.74. The van der Waals surface area contributed by atoms with Gasteiger partial charge in [-0.3, -0.25) is 0 Å². The maximum Gasteiger partial charge on any atom is 0.0931 e. The Morgan fingerprint density at radius 2 is 2.06 bits per heavy atom. The Labute approximate surface area is 113 Å². The summed E-state index contributed by atoms with van der Waals surface area (Å²) in [6.07, 6.45) is 2.76. The van der Waals surface area contributed by atoms with Crippen molar-refractivity contribution < 1.29 is 0 Å². The van der Waals surface area contributed by atoms with E-state index in [1.807, 2.05) is 11.6 Å². The van der Waals surface area contributed by atoms with Gasteiger partial charge < -0.3 is 0 Å². The van der Waals surface area contributed by atoms with Gasteiger partial charge in [0.1, 0.15) is 0 Å². The van der Waals surface area contributed by atoms with Crippen LogP contribution >= 0.6 is 38.9 Å². The number of hydrogen-bond acceptors (Lipinski definition) is 2. The second-order valence-electron chi connectivity index (χ2n) is 3.53. The molecule has 0 saturated carbocycles. The standard InChI is InChI=1S/C12H11BrClNS/c13-11-3-1-9(2-4-11)10(8-14)7-12-15-5-6-16-12/h1-6,10H,7-8H2. The highest BCUT2D eigenvalue weighted by Crippen LogP contribution is 2.24. The highest BCUT2D eigenvalue weighted by atomic mass is 79.9. The summed E-state index contributed by atoms with van der Waals surface area (Å²) in [5.41, 5.74) is 1.27. The van der Waals surface area contributed by atoms with Crippen LogP contribution < -0.4 is 0 Å². The third kappa shape index (κ3) is 3.06. The van der Waals surface area contributed by atoms with Gasteiger partial charge in [0.05, 0.1) is 5.01 Å². The lowest BCUT2D eigenvalue weighted by molar-refractivity contribution is 0.761. The summed E-state index contributed by atoms with van der Waals surface area (Å²) in [4.78, 5) is 4.30. The molecule has 0 spiro atoms. The van der Waals surface area contributed by atoms with E-state index in [0.717, 1.165) is 15.9 Å². The molecule has 1 heterocycles. The predicted molar refractivity (Wildman–Crippen MR) is 73.4 cm³/mol. The van der Waals surface area contributed by atoms with Gasteiger partial charge in [0.25, 0.3) is 0 Å². The number of aromatic nitrogens is 1. The molecule has 0 aliphatic rings. The Bertz CT molecular complexity index is 427. The van der Waals surface area contributed by atoms with E-state index in [2.05, 4.69) is 45.2 Å². The van der Waals surface area contributed by atoms with Gasteiger partial charge in [0.2, 0.25) is 0 Å². The van der Waals surface area contributed by atoms with Crippen molar-refractivity contribution >= 4 is 38.9 Å². The Morgan fingerprint density at radius 1 is 1.31 bits per heavy atom. The lowest BCUT2D eigenvalue weighted by Gasteiger charge is -2.12. The molecule has 0 radical (unpaired) electrons. The number of rotatable bonds is 4. The van der Waals surface area contributed by atoms with Gasteiger partial charge in [0, 0.05) is 34.3 Å². The van der Waals surface area contributed by atoms with E-state index < -0.39 is 0 Å². The first-order valence-electron chi connectivity index (χ1n) is 4.99. The van der Waals surface area contributed by atoms with Crippen LogP contribution in [0, 0.1) is 0 Å². The summed E-state index contributed by atoms with van der Waals surface area (Å²) < 4.78 is 1.10. The average molecular weight is 317 g/mol. The van der Waals surface area contributed by atoms with Crippen LogP contribution in [0.15, 0.2) is 40.3 Å². The largest absolute Gasteiger partial charge is 0.250 e. The lowest BCUT2D eigenvalue weighted by Crippen LogP contribution is -2.04. The SMILES string of the molecule is ClCC(Cc1nccs1)c1ccc(Br)cc1. The molecule has 0 saturated heterocycles. The van der Waals surface area contributed by atoms with Crippen molar-refractivity contribution in [2.45, 2.75) is 12.3 Å². The van der Waals surface area contributed by atoms with Gasteiger partial charge in [-0.25, -0.2) is 4.98 Å².